The van der Waals surface area contributed by atoms with Crippen LogP contribution in [0.4, 0.5) is 0 Å². The van der Waals surface area contributed by atoms with Crippen molar-refractivity contribution in [2.24, 2.45) is 0 Å². The van der Waals surface area contributed by atoms with Gasteiger partial charge in [-0.1, -0.05) is 69.5 Å². The van der Waals surface area contributed by atoms with Gasteiger partial charge >= 0.3 is 0 Å². The van der Waals surface area contributed by atoms with E-state index in [0.717, 1.165) is 17.7 Å². The van der Waals surface area contributed by atoms with Gasteiger partial charge in [-0.2, -0.15) is 0 Å². The lowest BCUT2D eigenvalue weighted by Gasteiger charge is -2.12. The number of rotatable bonds is 10. The first-order valence-corrected chi connectivity index (χ1v) is 8.48. The van der Waals surface area contributed by atoms with E-state index in [9.17, 15) is 0 Å². The molecule has 1 aromatic carbocycles. The van der Waals surface area contributed by atoms with Gasteiger partial charge in [0.05, 0.1) is 12.5 Å². The first-order valence-electron chi connectivity index (χ1n) is 7.66. The summed E-state index contributed by atoms with van der Waals surface area (Å²) in [4.78, 5) is 0. The maximum atomic E-state index is 6.44. The smallest absolute Gasteiger partial charge is 0.120 e. The van der Waals surface area contributed by atoms with E-state index in [4.69, 9.17) is 27.9 Å². The van der Waals surface area contributed by atoms with E-state index >= 15 is 0 Å². The highest BCUT2D eigenvalue weighted by atomic mass is 35.5. The molecule has 0 N–H and O–H groups in total. The second kappa shape index (κ2) is 10.3. The summed E-state index contributed by atoms with van der Waals surface area (Å²) in [5.74, 6) is 0.776. The summed E-state index contributed by atoms with van der Waals surface area (Å²) in [5.41, 5.74) is 1.01. The molecule has 0 heterocycles. The molecular weight excluding hydrogens is 291 g/mol. The average Bonchev–Trinajstić information content (AvgIpc) is 2.45. The minimum Gasteiger partial charge on any atom is -0.497 e. The number of halogens is 2. The second-order valence-corrected chi connectivity index (χ2v) is 6.20. The Balaban J connectivity index is 2.27. The van der Waals surface area contributed by atoms with Crippen LogP contribution in [0.5, 0.6) is 5.75 Å². The SMILES string of the molecule is CCCCCCCCCC(Cl)c1ccc(OC)cc1Cl. The van der Waals surface area contributed by atoms with Crippen molar-refractivity contribution < 1.29 is 4.74 Å². The highest BCUT2D eigenvalue weighted by molar-refractivity contribution is 6.32. The lowest BCUT2D eigenvalue weighted by Crippen LogP contribution is -1.93. The van der Waals surface area contributed by atoms with Crippen LogP contribution >= 0.6 is 23.2 Å². The number of ether oxygens (including phenoxy) is 1. The number of benzene rings is 1. The van der Waals surface area contributed by atoms with Gasteiger partial charge in [0, 0.05) is 5.02 Å². The lowest BCUT2D eigenvalue weighted by atomic mass is 10.0. The third kappa shape index (κ3) is 6.37. The molecule has 3 heteroatoms. The zero-order valence-electron chi connectivity index (χ0n) is 12.6. The number of alkyl halides is 1. The Morgan fingerprint density at radius 3 is 2.30 bits per heavy atom. The monoisotopic (exact) mass is 316 g/mol. The number of hydrogen-bond donors (Lipinski definition) is 0. The lowest BCUT2D eigenvalue weighted by molar-refractivity contribution is 0.414. The quantitative estimate of drug-likeness (QED) is 0.342. The van der Waals surface area contributed by atoms with Gasteiger partial charge in [0.2, 0.25) is 0 Å². The molecule has 1 nitrogen and oxygen atoms in total. The molecule has 114 valence electrons. The molecule has 0 fully saturated rings. The second-order valence-electron chi connectivity index (χ2n) is 5.26. The van der Waals surface area contributed by atoms with Crippen LogP contribution in [0.1, 0.15) is 69.2 Å². The van der Waals surface area contributed by atoms with E-state index in [2.05, 4.69) is 6.92 Å². The molecule has 0 bridgehead atoms. The summed E-state index contributed by atoms with van der Waals surface area (Å²) < 4.78 is 5.15. The molecule has 0 aliphatic heterocycles. The Kier molecular flexibility index (Phi) is 9.13. The van der Waals surface area contributed by atoms with Crippen LogP contribution in [0.3, 0.4) is 0 Å². The number of methoxy groups -OCH3 is 1. The fourth-order valence-corrected chi connectivity index (χ4v) is 3.03. The third-order valence-corrected chi connectivity index (χ3v) is 4.39. The third-order valence-electron chi connectivity index (χ3n) is 3.61. The van der Waals surface area contributed by atoms with Crippen LogP contribution in [0, 0.1) is 0 Å². The molecule has 0 saturated heterocycles. The van der Waals surface area contributed by atoms with Gasteiger partial charge in [0.25, 0.3) is 0 Å². The van der Waals surface area contributed by atoms with Gasteiger partial charge in [-0.05, 0) is 24.1 Å². The molecule has 1 aromatic rings. The standard InChI is InChI=1S/C17H26Cl2O/c1-3-4-5-6-7-8-9-10-16(18)15-12-11-14(20-2)13-17(15)19/h11-13,16H,3-10H2,1-2H3. The fourth-order valence-electron chi connectivity index (χ4n) is 2.33. The van der Waals surface area contributed by atoms with Crippen molar-refractivity contribution in [1.29, 1.82) is 0 Å². The fraction of sp³-hybridized carbons (Fsp3) is 0.647. The molecule has 1 unspecified atom stereocenters. The molecule has 0 amide bonds. The predicted molar refractivity (Wildman–Crippen MR) is 89.2 cm³/mol. The van der Waals surface area contributed by atoms with Crippen molar-refractivity contribution in [3.8, 4) is 5.75 Å². The molecule has 1 rings (SSSR count). The maximum Gasteiger partial charge on any atom is 0.120 e. The van der Waals surface area contributed by atoms with Gasteiger partial charge in [-0.15, -0.1) is 11.6 Å². The van der Waals surface area contributed by atoms with Crippen LogP contribution in [-0.4, -0.2) is 7.11 Å². The van der Waals surface area contributed by atoms with Crippen molar-refractivity contribution >= 4 is 23.2 Å². The minimum absolute atomic E-state index is 0.00375. The van der Waals surface area contributed by atoms with Crippen molar-refractivity contribution in [2.45, 2.75) is 63.7 Å². The molecule has 0 aromatic heterocycles. The summed E-state index contributed by atoms with van der Waals surface area (Å²) in [6.45, 7) is 2.25. The van der Waals surface area contributed by atoms with Crippen LogP contribution < -0.4 is 4.74 Å². The van der Waals surface area contributed by atoms with Gasteiger partial charge in [0.15, 0.2) is 0 Å². The van der Waals surface area contributed by atoms with Crippen molar-refractivity contribution in [3.05, 3.63) is 28.8 Å². The Labute approximate surface area is 133 Å². The summed E-state index contributed by atoms with van der Waals surface area (Å²) in [7, 11) is 1.64. The topological polar surface area (TPSA) is 9.23 Å². The summed E-state index contributed by atoms with van der Waals surface area (Å²) in [5, 5.41) is 0.705. The van der Waals surface area contributed by atoms with Crippen molar-refractivity contribution in [2.75, 3.05) is 7.11 Å². The number of unbranched alkanes of at least 4 members (excludes halogenated alkanes) is 6. The minimum atomic E-state index is 0.00375. The van der Waals surface area contributed by atoms with Crippen LogP contribution in [-0.2, 0) is 0 Å². The average molecular weight is 317 g/mol. The molecule has 0 aliphatic rings. The van der Waals surface area contributed by atoms with E-state index in [1.54, 1.807) is 7.11 Å². The molecule has 1 atom stereocenters. The Bertz CT molecular complexity index is 379. The van der Waals surface area contributed by atoms with Gasteiger partial charge in [-0.3, -0.25) is 0 Å². The van der Waals surface area contributed by atoms with Crippen LogP contribution in [0.2, 0.25) is 5.02 Å². The maximum absolute atomic E-state index is 6.44. The van der Waals surface area contributed by atoms with E-state index in [1.165, 1.54) is 44.9 Å². The molecule has 20 heavy (non-hydrogen) atoms. The van der Waals surface area contributed by atoms with E-state index in [-0.39, 0.29) is 5.38 Å². The molecule has 0 spiro atoms. The highest BCUT2D eigenvalue weighted by Crippen LogP contribution is 2.34. The Morgan fingerprint density at radius 2 is 1.70 bits per heavy atom. The molecule has 0 aliphatic carbocycles. The molecule has 0 saturated carbocycles. The van der Waals surface area contributed by atoms with Gasteiger partial charge in [-0.25, -0.2) is 0 Å². The predicted octanol–water partition coefficient (Wildman–Crippen LogP) is 6.77. The normalized spacial score (nSPS) is 12.4. The number of hydrogen-bond acceptors (Lipinski definition) is 1. The summed E-state index contributed by atoms with van der Waals surface area (Å²) in [6, 6.07) is 5.72. The van der Waals surface area contributed by atoms with E-state index in [0.29, 0.717) is 5.02 Å². The van der Waals surface area contributed by atoms with E-state index in [1.807, 2.05) is 18.2 Å². The highest BCUT2D eigenvalue weighted by Gasteiger charge is 2.12. The first kappa shape index (κ1) is 17.7. The first-order chi connectivity index (χ1) is 9.69. The van der Waals surface area contributed by atoms with Crippen LogP contribution in [0.15, 0.2) is 18.2 Å². The Morgan fingerprint density at radius 1 is 1.05 bits per heavy atom. The Hall–Kier alpha value is -0.400. The van der Waals surface area contributed by atoms with Crippen molar-refractivity contribution in [1.82, 2.24) is 0 Å². The molecule has 0 radical (unpaired) electrons. The summed E-state index contributed by atoms with van der Waals surface area (Å²) in [6.07, 6.45) is 10.1. The van der Waals surface area contributed by atoms with Crippen LogP contribution in [0.25, 0.3) is 0 Å². The van der Waals surface area contributed by atoms with Gasteiger partial charge in [0.1, 0.15) is 5.75 Å². The summed E-state index contributed by atoms with van der Waals surface area (Å²) >= 11 is 12.7. The molecular formula is C17H26Cl2O. The van der Waals surface area contributed by atoms with Crippen molar-refractivity contribution in [3.63, 3.8) is 0 Å². The zero-order chi connectivity index (χ0) is 14.8. The zero-order valence-corrected chi connectivity index (χ0v) is 14.1. The van der Waals surface area contributed by atoms with E-state index < -0.39 is 0 Å². The largest absolute Gasteiger partial charge is 0.497 e. The van der Waals surface area contributed by atoms with Gasteiger partial charge < -0.3 is 4.74 Å².